The van der Waals surface area contributed by atoms with Crippen molar-refractivity contribution in [3.05, 3.63) is 30.0 Å². The van der Waals surface area contributed by atoms with E-state index in [1.54, 1.807) is 0 Å². The number of aromatic nitrogens is 1. The number of hydrogen-bond donors (Lipinski definition) is 0. The average Bonchev–Trinajstić information content (AvgIpc) is 2.99. The first-order valence-electron chi connectivity index (χ1n) is 7.16. The fourth-order valence-corrected chi connectivity index (χ4v) is 3.69. The van der Waals surface area contributed by atoms with Crippen molar-refractivity contribution in [2.75, 3.05) is 17.6 Å². The highest BCUT2D eigenvalue weighted by atomic mass is 127. The second kappa shape index (κ2) is 8.77. The first-order valence-corrected chi connectivity index (χ1v) is 9.60. The lowest BCUT2D eigenvalue weighted by Crippen LogP contribution is -2.37. The Morgan fingerprint density at radius 1 is 1.43 bits per heavy atom. The molecule has 0 bridgehead atoms. The maximum Gasteiger partial charge on any atom is 0.326 e. The first kappa shape index (κ1) is 19.1. The highest BCUT2D eigenvalue weighted by Gasteiger charge is 2.29. The Hall–Kier alpha value is -0.190. The molecule has 3 rings (SSSR count). The number of piperidine rings is 1. The molecule has 8 heteroatoms. The molecule has 5 nitrogen and oxygen atoms in total. The van der Waals surface area contributed by atoms with Crippen molar-refractivity contribution >= 4 is 72.4 Å². The fourth-order valence-electron chi connectivity index (χ4n) is 2.57. The van der Waals surface area contributed by atoms with Gasteiger partial charge in [0.25, 0.3) is 0 Å². The Kier molecular flexibility index (Phi) is 7.30. The molecule has 1 atom stereocenters. The summed E-state index contributed by atoms with van der Waals surface area (Å²) in [4.78, 5) is 14.1. The number of para-hydroxylation sites is 1. The van der Waals surface area contributed by atoms with Gasteiger partial charge in [0.05, 0.1) is 4.55 Å². The Labute approximate surface area is 167 Å². The number of carbonyl (C=O) groups is 1. The molecule has 1 fully saturated rings. The number of likely N-dealkylation sites (tertiary alicyclic amines) is 1. The summed E-state index contributed by atoms with van der Waals surface area (Å²) in [6, 6.07) is 7.49. The second-order valence-corrected chi connectivity index (χ2v) is 6.90. The molecule has 0 aliphatic carbocycles. The average molecular weight is 560 g/mol. The molecule has 1 saturated heterocycles. The number of benzene rings is 1. The van der Waals surface area contributed by atoms with E-state index in [4.69, 9.17) is 9.26 Å². The number of halogens is 3. The van der Waals surface area contributed by atoms with Gasteiger partial charge in [-0.05, 0) is 25.0 Å². The summed E-state index contributed by atoms with van der Waals surface area (Å²) in [5.41, 5.74) is 1.25. The molecule has 0 radical (unpaired) electrons. The molecule has 0 N–H and O–H groups in total. The van der Waals surface area contributed by atoms with Gasteiger partial charge in [0, 0.05) is 18.5 Å². The van der Waals surface area contributed by atoms with Crippen molar-refractivity contribution in [2.24, 2.45) is 0 Å². The lowest BCUT2D eigenvalue weighted by atomic mass is 10.1. The molecule has 126 valence electrons. The van der Waals surface area contributed by atoms with Crippen molar-refractivity contribution < 1.29 is 14.1 Å². The number of rotatable bonds is 4. The molecule has 1 aromatic carbocycles. The fraction of sp³-hybridized carbons (Fsp3) is 0.467. The first-order chi connectivity index (χ1) is 10.7. The van der Waals surface area contributed by atoms with Crippen LogP contribution in [0.1, 0.15) is 23.4 Å². The third kappa shape index (κ3) is 4.46. The largest absolute Gasteiger partial charge is 0.461 e. The molecular formula is C15H17Br2IN2O3. The van der Waals surface area contributed by atoms with Gasteiger partial charge in [0.1, 0.15) is 11.8 Å². The van der Waals surface area contributed by atoms with Gasteiger partial charge in [0.15, 0.2) is 10.4 Å². The van der Waals surface area contributed by atoms with Gasteiger partial charge in [-0.25, -0.2) is 0 Å². The van der Waals surface area contributed by atoms with Crippen molar-refractivity contribution in [3.63, 3.8) is 0 Å². The van der Waals surface area contributed by atoms with Crippen LogP contribution in [0.4, 0.5) is 0 Å². The molecule has 0 spiro atoms. The Balaban J connectivity index is 0.00000192. The standard InChI is InChI=1S/C15H16BrIN2O3.BrH/c16-13(14-11-3-1-2-4-12(11)22-18-14)15(20)21-10-5-7-19(9-17)8-6-10;/h1-4,10,13H,5-9H2;1H. The maximum absolute atomic E-state index is 12.3. The number of carbonyl (C=O) groups excluding carboxylic acids is 1. The predicted molar refractivity (Wildman–Crippen MR) is 106 cm³/mol. The van der Waals surface area contributed by atoms with Crippen LogP contribution in [0.2, 0.25) is 0 Å². The molecular weight excluding hydrogens is 543 g/mol. The SMILES string of the molecule is Br.O=C(OC1CCN(CI)CC1)C(Br)c1noc2ccccc12. The van der Waals surface area contributed by atoms with E-state index < -0.39 is 4.83 Å². The van der Waals surface area contributed by atoms with E-state index in [0.29, 0.717) is 11.3 Å². The highest BCUT2D eigenvalue weighted by molar-refractivity contribution is 14.1. The van der Waals surface area contributed by atoms with Crippen molar-refractivity contribution in [1.29, 1.82) is 0 Å². The third-order valence-electron chi connectivity index (χ3n) is 3.84. The topological polar surface area (TPSA) is 55.6 Å². The summed E-state index contributed by atoms with van der Waals surface area (Å²) in [5.74, 6) is -0.299. The maximum atomic E-state index is 12.3. The monoisotopic (exact) mass is 558 g/mol. The number of alkyl halides is 2. The zero-order valence-electron chi connectivity index (χ0n) is 12.3. The van der Waals surface area contributed by atoms with Gasteiger partial charge in [-0.15, -0.1) is 17.0 Å². The number of esters is 1. The smallest absolute Gasteiger partial charge is 0.326 e. The van der Waals surface area contributed by atoms with E-state index in [1.807, 2.05) is 24.3 Å². The second-order valence-electron chi connectivity index (χ2n) is 5.30. The number of nitrogens with zero attached hydrogens (tertiary/aromatic N) is 2. The number of hydrogen-bond acceptors (Lipinski definition) is 5. The third-order valence-corrected chi connectivity index (χ3v) is 5.61. The zero-order valence-corrected chi connectivity index (χ0v) is 17.7. The van der Waals surface area contributed by atoms with Crippen LogP contribution in [0.15, 0.2) is 28.8 Å². The molecule has 2 aromatic rings. The number of fused-ring (bicyclic) bond motifs is 1. The molecule has 0 amide bonds. The van der Waals surface area contributed by atoms with Crippen LogP contribution in [0.25, 0.3) is 11.0 Å². The molecule has 2 heterocycles. The normalized spacial score (nSPS) is 17.7. The van der Waals surface area contributed by atoms with Crippen molar-refractivity contribution in [1.82, 2.24) is 10.1 Å². The van der Waals surface area contributed by atoms with Gasteiger partial charge < -0.3 is 9.26 Å². The molecule has 0 saturated carbocycles. The van der Waals surface area contributed by atoms with Crippen molar-refractivity contribution in [3.8, 4) is 0 Å². The highest BCUT2D eigenvalue weighted by Crippen LogP contribution is 2.31. The zero-order chi connectivity index (χ0) is 15.5. The van der Waals surface area contributed by atoms with E-state index in [2.05, 4.69) is 48.6 Å². The van der Waals surface area contributed by atoms with Crippen LogP contribution in [0.3, 0.4) is 0 Å². The lowest BCUT2D eigenvalue weighted by molar-refractivity contribution is -0.150. The van der Waals surface area contributed by atoms with E-state index in [0.717, 1.165) is 35.9 Å². The Morgan fingerprint density at radius 3 is 2.83 bits per heavy atom. The van der Waals surface area contributed by atoms with Gasteiger partial charge in [-0.2, -0.15) is 0 Å². The molecule has 1 unspecified atom stereocenters. The van der Waals surface area contributed by atoms with Crippen LogP contribution in [0.5, 0.6) is 0 Å². The summed E-state index contributed by atoms with van der Waals surface area (Å²) in [7, 11) is 0. The van der Waals surface area contributed by atoms with E-state index in [9.17, 15) is 4.79 Å². The molecule has 1 aromatic heterocycles. The molecule has 23 heavy (non-hydrogen) atoms. The van der Waals surface area contributed by atoms with Crippen molar-refractivity contribution in [2.45, 2.75) is 23.8 Å². The van der Waals surface area contributed by atoms with Gasteiger partial charge in [0.2, 0.25) is 0 Å². The Morgan fingerprint density at radius 2 is 2.13 bits per heavy atom. The van der Waals surface area contributed by atoms with Crippen LogP contribution < -0.4 is 0 Å². The minimum Gasteiger partial charge on any atom is -0.461 e. The number of ether oxygens (including phenoxy) is 1. The quantitative estimate of drug-likeness (QED) is 0.243. The van der Waals surface area contributed by atoms with Crippen LogP contribution in [0, 0.1) is 0 Å². The minimum absolute atomic E-state index is 0. The Bertz CT molecular complexity index is 659. The van der Waals surface area contributed by atoms with E-state index in [1.165, 1.54) is 0 Å². The van der Waals surface area contributed by atoms with E-state index in [-0.39, 0.29) is 29.1 Å². The molecule has 1 aliphatic rings. The van der Waals surface area contributed by atoms with Gasteiger partial charge in [-0.1, -0.05) is 55.8 Å². The summed E-state index contributed by atoms with van der Waals surface area (Å²) >= 11 is 5.75. The summed E-state index contributed by atoms with van der Waals surface area (Å²) < 4.78 is 11.9. The van der Waals surface area contributed by atoms with Gasteiger partial charge in [-0.3, -0.25) is 9.69 Å². The van der Waals surface area contributed by atoms with Crippen LogP contribution in [-0.4, -0.2) is 39.8 Å². The van der Waals surface area contributed by atoms with Crippen LogP contribution >= 0.6 is 55.5 Å². The lowest BCUT2D eigenvalue weighted by Gasteiger charge is -2.30. The summed E-state index contributed by atoms with van der Waals surface area (Å²) in [6.07, 6.45) is 1.76. The summed E-state index contributed by atoms with van der Waals surface area (Å²) in [5, 5.41) is 4.84. The van der Waals surface area contributed by atoms with E-state index >= 15 is 0 Å². The predicted octanol–water partition coefficient (Wildman–Crippen LogP) is 4.24. The van der Waals surface area contributed by atoms with Gasteiger partial charge >= 0.3 is 5.97 Å². The summed E-state index contributed by atoms with van der Waals surface area (Å²) in [6.45, 7) is 1.95. The van der Waals surface area contributed by atoms with Crippen LogP contribution in [-0.2, 0) is 9.53 Å². The molecule has 1 aliphatic heterocycles. The minimum atomic E-state index is -0.598.